The van der Waals surface area contributed by atoms with Crippen LogP contribution >= 0.6 is 0 Å². The third kappa shape index (κ3) is 2.02. The van der Waals surface area contributed by atoms with Crippen LogP contribution in [0.15, 0.2) is 0 Å². The van der Waals surface area contributed by atoms with E-state index < -0.39 is 24.6 Å². The molecule has 1 unspecified atom stereocenters. The van der Waals surface area contributed by atoms with Crippen molar-refractivity contribution in [3.63, 3.8) is 0 Å². The van der Waals surface area contributed by atoms with E-state index in [1.807, 2.05) is 0 Å². The standard InChI is InChI=1S/C5H7F5O/c1-2-3(6)4(7,8)5(9,10)11/h3,11H,2H2,1H3. The van der Waals surface area contributed by atoms with Crippen LogP contribution < -0.4 is 0 Å². The predicted molar refractivity (Wildman–Crippen MR) is 27.3 cm³/mol. The summed E-state index contributed by atoms with van der Waals surface area (Å²) >= 11 is 0. The van der Waals surface area contributed by atoms with Gasteiger partial charge in [0, 0.05) is 0 Å². The van der Waals surface area contributed by atoms with Gasteiger partial charge in [-0.25, -0.2) is 4.39 Å². The lowest BCUT2D eigenvalue weighted by molar-refractivity contribution is -0.342. The summed E-state index contributed by atoms with van der Waals surface area (Å²) < 4.78 is 58.9. The molecule has 0 saturated carbocycles. The van der Waals surface area contributed by atoms with Crippen LogP contribution in [0.3, 0.4) is 0 Å². The molecule has 0 saturated heterocycles. The van der Waals surface area contributed by atoms with Gasteiger partial charge in [-0.2, -0.15) is 17.6 Å². The molecule has 0 bridgehead atoms. The van der Waals surface area contributed by atoms with Crippen LogP contribution in [0, 0.1) is 0 Å². The summed E-state index contributed by atoms with van der Waals surface area (Å²) in [4.78, 5) is 0. The lowest BCUT2D eigenvalue weighted by Gasteiger charge is -2.23. The summed E-state index contributed by atoms with van der Waals surface area (Å²) in [6, 6.07) is 0. The van der Waals surface area contributed by atoms with Gasteiger partial charge in [0.05, 0.1) is 0 Å². The van der Waals surface area contributed by atoms with Gasteiger partial charge < -0.3 is 5.11 Å². The summed E-state index contributed by atoms with van der Waals surface area (Å²) in [7, 11) is 0. The van der Waals surface area contributed by atoms with Crippen molar-refractivity contribution in [2.45, 2.75) is 31.5 Å². The molecule has 0 rings (SSSR count). The molecule has 11 heavy (non-hydrogen) atoms. The van der Waals surface area contributed by atoms with Crippen molar-refractivity contribution in [2.75, 3.05) is 0 Å². The molecule has 6 heteroatoms. The Morgan fingerprint density at radius 2 is 1.64 bits per heavy atom. The fourth-order valence-electron chi connectivity index (χ4n) is 0.445. The van der Waals surface area contributed by atoms with Crippen molar-refractivity contribution in [2.24, 2.45) is 0 Å². The zero-order valence-corrected chi connectivity index (χ0v) is 5.62. The zero-order chi connectivity index (χ0) is 9.28. The van der Waals surface area contributed by atoms with Crippen LogP contribution in [0.4, 0.5) is 22.0 Å². The van der Waals surface area contributed by atoms with E-state index in [9.17, 15) is 22.0 Å². The van der Waals surface area contributed by atoms with E-state index in [1.54, 1.807) is 0 Å². The number of halogens is 5. The topological polar surface area (TPSA) is 20.2 Å². The highest BCUT2D eigenvalue weighted by atomic mass is 19.3. The molecule has 0 aliphatic carbocycles. The van der Waals surface area contributed by atoms with Crippen molar-refractivity contribution in [3.05, 3.63) is 0 Å². The third-order valence-electron chi connectivity index (χ3n) is 1.15. The highest BCUT2D eigenvalue weighted by Gasteiger charge is 2.60. The Labute approximate surface area is 59.8 Å². The summed E-state index contributed by atoms with van der Waals surface area (Å²) in [6.07, 6.45) is -9.09. The van der Waals surface area contributed by atoms with Gasteiger partial charge in [-0.05, 0) is 6.42 Å². The van der Waals surface area contributed by atoms with E-state index >= 15 is 0 Å². The van der Waals surface area contributed by atoms with Gasteiger partial charge in [-0.1, -0.05) is 6.92 Å². The second kappa shape index (κ2) is 2.92. The van der Waals surface area contributed by atoms with Gasteiger partial charge in [0.2, 0.25) is 0 Å². The second-order valence-electron chi connectivity index (χ2n) is 2.04. The van der Waals surface area contributed by atoms with Crippen LogP contribution in [-0.4, -0.2) is 23.3 Å². The first kappa shape index (κ1) is 10.6. The Morgan fingerprint density at radius 3 is 1.73 bits per heavy atom. The maximum atomic E-state index is 12.0. The molecule has 0 aromatic heterocycles. The summed E-state index contributed by atoms with van der Waals surface area (Å²) in [6.45, 7) is 0.977. The SMILES string of the molecule is CCC(F)C(F)(F)C(O)(F)F. The van der Waals surface area contributed by atoms with E-state index in [0.717, 1.165) is 6.92 Å². The largest absolute Gasteiger partial charge is 0.420 e. The minimum atomic E-state index is -5.29. The molecule has 0 spiro atoms. The molecule has 1 N–H and O–H groups in total. The number of hydrogen-bond acceptors (Lipinski definition) is 1. The molecule has 0 aliphatic heterocycles. The fourth-order valence-corrected chi connectivity index (χ4v) is 0.445. The van der Waals surface area contributed by atoms with Gasteiger partial charge in [0.15, 0.2) is 6.17 Å². The molecule has 0 aromatic carbocycles. The van der Waals surface area contributed by atoms with Crippen LogP contribution in [0.25, 0.3) is 0 Å². The number of alkyl halides is 5. The van der Waals surface area contributed by atoms with Crippen molar-refractivity contribution in [1.29, 1.82) is 0 Å². The van der Waals surface area contributed by atoms with Crippen molar-refractivity contribution >= 4 is 0 Å². The van der Waals surface area contributed by atoms with Crippen LogP contribution in [0.5, 0.6) is 0 Å². The molecule has 0 amide bonds. The molecule has 0 heterocycles. The third-order valence-corrected chi connectivity index (χ3v) is 1.15. The number of aliphatic hydroxyl groups is 1. The van der Waals surface area contributed by atoms with Crippen molar-refractivity contribution in [1.82, 2.24) is 0 Å². The molecule has 0 radical (unpaired) electrons. The molecule has 68 valence electrons. The van der Waals surface area contributed by atoms with Gasteiger partial charge in [-0.3, -0.25) is 0 Å². The Bertz CT molecular complexity index is 129. The summed E-state index contributed by atoms with van der Waals surface area (Å²) in [5.74, 6) is -5.00. The Balaban J connectivity index is 4.45. The normalized spacial score (nSPS) is 16.6. The highest BCUT2D eigenvalue weighted by Crippen LogP contribution is 2.37. The predicted octanol–water partition coefficient (Wildman–Crippen LogP) is 1.95. The molecule has 1 atom stereocenters. The van der Waals surface area contributed by atoms with E-state index in [2.05, 4.69) is 0 Å². The highest BCUT2D eigenvalue weighted by molar-refractivity contribution is 4.82. The Kier molecular flexibility index (Phi) is 2.82. The van der Waals surface area contributed by atoms with Gasteiger partial charge in [-0.15, -0.1) is 0 Å². The first-order valence-corrected chi connectivity index (χ1v) is 2.85. The van der Waals surface area contributed by atoms with Gasteiger partial charge >= 0.3 is 12.0 Å². The average molecular weight is 178 g/mol. The van der Waals surface area contributed by atoms with Gasteiger partial charge in [0.25, 0.3) is 0 Å². The quantitative estimate of drug-likeness (QED) is 0.655. The van der Waals surface area contributed by atoms with E-state index in [4.69, 9.17) is 5.11 Å². The molecule has 0 aliphatic rings. The lowest BCUT2D eigenvalue weighted by atomic mass is 10.1. The Hall–Kier alpha value is -0.390. The average Bonchev–Trinajstić information content (AvgIpc) is 1.83. The minimum absolute atomic E-state index is 0.775. The summed E-state index contributed by atoms with van der Waals surface area (Å²) in [5, 5.41) is 7.52. The number of hydrogen-bond donors (Lipinski definition) is 1. The van der Waals surface area contributed by atoms with Crippen LogP contribution in [-0.2, 0) is 0 Å². The lowest BCUT2D eigenvalue weighted by Crippen LogP contribution is -2.47. The van der Waals surface area contributed by atoms with Gasteiger partial charge in [0.1, 0.15) is 0 Å². The molecule has 0 aromatic rings. The first-order valence-electron chi connectivity index (χ1n) is 2.85. The van der Waals surface area contributed by atoms with Crippen LogP contribution in [0.2, 0.25) is 0 Å². The molecular weight excluding hydrogens is 171 g/mol. The fraction of sp³-hybridized carbons (Fsp3) is 1.00. The summed E-state index contributed by atoms with van der Waals surface area (Å²) in [5.41, 5.74) is 0. The Morgan fingerprint density at radius 1 is 1.27 bits per heavy atom. The monoisotopic (exact) mass is 178 g/mol. The smallest absolute Gasteiger partial charge is 0.331 e. The first-order chi connectivity index (χ1) is 4.73. The maximum Gasteiger partial charge on any atom is 0.420 e. The zero-order valence-electron chi connectivity index (χ0n) is 5.62. The maximum absolute atomic E-state index is 12.0. The number of rotatable bonds is 3. The van der Waals surface area contributed by atoms with Crippen molar-refractivity contribution < 1.29 is 27.1 Å². The molecule has 1 nitrogen and oxygen atoms in total. The second-order valence-corrected chi connectivity index (χ2v) is 2.04. The van der Waals surface area contributed by atoms with Crippen LogP contribution in [0.1, 0.15) is 13.3 Å². The molecular formula is C5H7F5O. The minimum Gasteiger partial charge on any atom is -0.331 e. The molecule has 0 fully saturated rings. The van der Waals surface area contributed by atoms with E-state index in [-0.39, 0.29) is 0 Å². The van der Waals surface area contributed by atoms with Crippen molar-refractivity contribution in [3.8, 4) is 0 Å². The van der Waals surface area contributed by atoms with E-state index in [0.29, 0.717) is 0 Å². The van der Waals surface area contributed by atoms with E-state index in [1.165, 1.54) is 0 Å².